The maximum atomic E-state index is 13.9. The van der Waals surface area contributed by atoms with E-state index in [0.717, 1.165) is 21.9 Å². The number of aromatic nitrogens is 1. The minimum atomic E-state index is -0.279. The number of phenols is 1. The van der Waals surface area contributed by atoms with Crippen molar-refractivity contribution < 1.29 is 9.50 Å². The van der Waals surface area contributed by atoms with Crippen LogP contribution in [0.4, 0.5) is 4.39 Å². The average molecular weight is 303 g/mol. The molecule has 0 saturated heterocycles. The molecule has 0 aliphatic carbocycles. The second kappa shape index (κ2) is 5.36. The normalized spacial score (nSPS) is 11.2. The van der Waals surface area contributed by atoms with Crippen LogP contribution in [0.2, 0.25) is 0 Å². The van der Waals surface area contributed by atoms with Gasteiger partial charge in [-0.15, -0.1) is 0 Å². The van der Waals surface area contributed by atoms with Gasteiger partial charge in [-0.1, -0.05) is 36.4 Å². The van der Waals surface area contributed by atoms with Crippen molar-refractivity contribution in [1.29, 1.82) is 0 Å². The van der Waals surface area contributed by atoms with Gasteiger partial charge >= 0.3 is 0 Å². The molecule has 1 N–H and O–H groups in total. The van der Waals surface area contributed by atoms with E-state index in [2.05, 4.69) is 4.98 Å². The second-order valence-electron chi connectivity index (χ2n) is 5.57. The summed E-state index contributed by atoms with van der Waals surface area (Å²) in [6.07, 6.45) is 2.16. The standard InChI is InChI=1S/C20H14FNO/c21-18-9-7-14(20-16(18)6-3-11-22-20)12-17-15-5-2-1-4-13(15)8-10-19(17)23/h1-11,23H,12H2. The van der Waals surface area contributed by atoms with E-state index >= 15 is 0 Å². The van der Waals surface area contributed by atoms with Crippen molar-refractivity contribution in [2.24, 2.45) is 0 Å². The number of phenolic OH excluding ortho intramolecular Hbond substituents is 1. The van der Waals surface area contributed by atoms with Gasteiger partial charge in [0.05, 0.1) is 5.52 Å². The average Bonchev–Trinajstić information content (AvgIpc) is 2.60. The predicted octanol–water partition coefficient (Wildman–Crippen LogP) is 4.82. The van der Waals surface area contributed by atoms with Crippen molar-refractivity contribution in [2.45, 2.75) is 6.42 Å². The summed E-state index contributed by atoms with van der Waals surface area (Å²) in [6, 6.07) is 18.2. The quantitative estimate of drug-likeness (QED) is 0.575. The third-order valence-corrected chi connectivity index (χ3v) is 4.18. The van der Waals surface area contributed by atoms with Gasteiger partial charge in [0.15, 0.2) is 0 Å². The third kappa shape index (κ3) is 2.30. The van der Waals surface area contributed by atoms with Gasteiger partial charge in [0, 0.05) is 23.6 Å². The predicted molar refractivity (Wildman–Crippen MR) is 90.1 cm³/mol. The fraction of sp³-hybridized carbons (Fsp3) is 0.0500. The Morgan fingerprint density at radius 3 is 2.61 bits per heavy atom. The smallest absolute Gasteiger partial charge is 0.132 e. The van der Waals surface area contributed by atoms with Gasteiger partial charge in [-0.3, -0.25) is 4.98 Å². The van der Waals surface area contributed by atoms with Gasteiger partial charge in [-0.2, -0.15) is 0 Å². The maximum Gasteiger partial charge on any atom is 0.132 e. The topological polar surface area (TPSA) is 33.1 Å². The highest BCUT2D eigenvalue weighted by Crippen LogP contribution is 2.31. The largest absolute Gasteiger partial charge is 0.508 e. The van der Waals surface area contributed by atoms with Gasteiger partial charge < -0.3 is 5.11 Å². The number of hydrogen-bond donors (Lipinski definition) is 1. The third-order valence-electron chi connectivity index (χ3n) is 4.18. The Kier molecular flexibility index (Phi) is 3.19. The molecule has 0 fully saturated rings. The Morgan fingerprint density at radius 1 is 0.870 bits per heavy atom. The van der Waals surface area contributed by atoms with E-state index in [1.54, 1.807) is 30.5 Å². The fourth-order valence-corrected chi connectivity index (χ4v) is 3.04. The first-order valence-corrected chi connectivity index (χ1v) is 7.46. The molecule has 2 nitrogen and oxygen atoms in total. The highest BCUT2D eigenvalue weighted by atomic mass is 19.1. The van der Waals surface area contributed by atoms with Crippen LogP contribution in [0.5, 0.6) is 5.75 Å². The van der Waals surface area contributed by atoms with E-state index in [0.29, 0.717) is 17.3 Å². The molecule has 112 valence electrons. The molecule has 0 unspecified atom stereocenters. The zero-order valence-corrected chi connectivity index (χ0v) is 12.3. The summed E-state index contributed by atoms with van der Waals surface area (Å²) in [7, 11) is 0. The summed E-state index contributed by atoms with van der Waals surface area (Å²) >= 11 is 0. The number of pyridine rings is 1. The second-order valence-corrected chi connectivity index (χ2v) is 5.57. The molecular formula is C20H14FNO. The summed E-state index contributed by atoms with van der Waals surface area (Å²) < 4.78 is 13.9. The fourth-order valence-electron chi connectivity index (χ4n) is 3.04. The molecule has 1 heterocycles. The molecule has 23 heavy (non-hydrogen) atoms. The first-order valence-electron chi connectivity index (χ1n) is 7.46. The van der Waals surface area contributed by atoms with Crippen LogP contribution in [0.25, 0.3) is 21.7 Å². The highest BCUT2D eigenvalue weighted by Gasteiger charge is 2.12. The molecule has 4 aromatic rings. The molecule has 0 aliphatic heterocycles. The maximum absolute atomic E-state index is 13.9. The van der Waals surface area contributed by atoms with Crippen LogP contribution in [0, 0.1) is 5.82 Å². The number of rotatable bonds is 2. The minimum absolute atomic E-state index is 0.247. The van der Waals surface area contributed by atoms with Crippen molar-refractivity contribution in [3.63, 3.8) is 0 Å². The number of aromatic hydroxyl groups is 1. The summed E-state index contributed by atoms with van der Waals surface area (Å²) in [5.41, 5.74) is 2.37. The molecule has 0 bridgehead atoms. The summed E-state index contributed by atoms with van der Waals surface area (Å²) in [5.74, 6) is -0.0314. The molecule has 1 aromatic heterocycles. The number of nitrogens with zero attached hydrogens (tertiary/aromatic N) is 1. The summed E-state index contributed by atoms with van der Waals surface area (Å²) in [4.78, 5) is 4.33. The molecule has 0 atom stereocenters. The van der Waals surface area contributed by atoms with E-state index < -0.39 is 0 Å². The zero-order valence-electron chi connectivity index (χ0n) is 12.3. The highest BCUT2D eigenvalue weighted by molar-refractivity contribution is 5.89. The van der Waals surface area contributed by atoms with Crippen molar-refractivity contribution in [1.82, 2.24) is 4.98 Å². The van der Waals surface area contributed by atoms with Gasteiger partial charge in [-0.25, -0.2) is 4.39 Å². The first kappa shape index (κ1) is 13.7. The van der Waals surface area contributed by atoms with Crippen LogP contribution >= 0.6 is 0 Å². The lowest BCUT2D eigenvalue weighted by atomic mass is 9.96. The molecule has 0 saturated carbocycles. The minimum Gasteiger partial charge on any atom is -0.508 e. The Morgan fingerprint density at radius 2 is 1.70 bits per heavy atom. The Bertz CT molecular complexity index is 1030. The number of benzene rings is 3. The molecule has 3 aromatic carbocycles. The molecule has 0 aliphatic rings. The van der Waals surface area contributed by atoms with Crippen molar-refractivity contribution in [3.05, 3.63) is 83.8 Å². The van der Waals surface area contributed by atoms with Crippen molar-refractivity contribution in [2.75, 3.05) is 0 Å². The van der Waals surface area contributed by atoms with Gasteiger partial charge in [0.2, 0.25) is 0 Å². The molecule has 4 rings (SSSR count). The van der Waals surface area contributed by atoms with Crippen LogP contribution in [0.15, 0.2) is 66.9 Å². The van der Waals surface area contributed by atoms with E-state index in [4.69, 9.17) is 0 Å². The van der Waals surface area contributed by atoms with E-state index in [1.807, 2.05) is 30.3 Å². The van der Waals surface area contributed by atoms with Crippen LogP contribution in [-0.4, -0.2) is 10.1 Å². The van der Waals surface area contributed by atoms with Gasteiger partial charge in [-0.05, 0) is 40.6 Å². The molecule has 0 amide bonds. The first-order chi connectivity index (χ1) is 11.2. The summed E-state index contributed by atoms with van der Waals surface area (Å²) in [6.45, 7) is 0. The van der Waals surface area contributed by atoms with E-state index in [-0.39, 0.29) is 11.6 Å². The van der Waals surface area contributed by atoms with Crippen molar-refractivity contribution in [3.8, 4) is 5.75 Å². The van der Waals surface area contributed by atoms with Gasteiger partial charge in [0.1, 0.15) is 11.6 Å². The number of hydrogen-bond acceptors (Lipinski definition) is 2. The summed E-state index contributed by atoms with van der Waals surface area (Å²) in [5, 5.41) is 12.9. The van der Waals surface area contributed by atoms with Crippen molar-refractivity contribution >= 4 is 21.7 Å². The lowest BCUT2D eigenvalue weighted by Crippen LogP contribution is -1.95. The SMILES string of the molecule is Oc1ccc2ccccc2c1Cc1ccc(F)c2cccnc12. The van der Waals surface area contributed by atoms with Crippen LogP contribution in [0.1, 0.15) is 11.1 Å². The molecule has 0 spiro atoms. The lowest BCUT2D eigenvalue weighted by molar-refractivity contribution is 0.470. The monoisotopic (exact) mass is 303 g/mol. The Labute approximate surface area is 132 Å². The Hall–Kier alpha value is -2.94. The van der Waals surface area contributed by atoms with E-state index in [1.165, 1.54) is 6.07 Å². The van der Waals surface area contributed by atoms with Crippen LogP contribution in [0.3, 0.4) is 0 Å². The van der Waals surface area contributed by atoms with Crippen LogP contribution < -0.4 is 0 Å². The lowest BCUT2D eigenvalue weighted by Gasteiger charge is -2.11. The number of fused-ring (bicyclic) bond motifs is 2. The van der Waals surface area contributed by atoms with Gasteiger partial charge in [0.25, 0.3) is 0 Å². The van der Waals surface area contributed by atoms with E-state index in [9.17, 15) is 9.50 Å². The number of halogens is 1. The molecular weight excluding hydrogens is 289 g/mol. The zero-order chi connectivity index (χ0) is 15.8. The van der Waals surface area contributed by atoms with Crippen LogP contribution in [-0.2, 0) is 6.42 Å². The molecule has 3 heteroatoms. The Balaban J connectivity index is 1.92. The molecule has 0 radical (unpaired) electrons.